The number of hydrogen-bond donors (Lipinski definition) is 1. The van der Waals surface area contributed by atoms with Gasteiger partial charge in [0.05, 0.1) is 10.6 Å². The molecule has 1 aliphatic rings. The van der Waals surface area contributed by atoms with Crippen LogP contribution in [0, 0.1) is 0 Å². The maximum Gasteiger partial charge on any atom is 0.172 e. The summed E-state index contributed by atoms with van der Waals surface area (Å²) < 4.78 is 3.17. The molecule has 1 aromatic rings. The number of nitrogens with one attached hydrogen (secondary N) is 1. The van der Waals surface area contributed by atoms with Gasteiger partial charge in [0.25, 0.3) is 0 Å². The summed E-state index contributed by atoms with van der Waals surface area (Å²) >= 11 is 9.15. The van der Waals surface area contributed by atoms with E-state index in [2.05, 4.69) is 16.6 Å². The van der Waals surface area contributed by atoms with Gasteiger partial charge in [0, 0.05) is 5.02 Å². The first-order valence-corrected chi connectivity index (χ1v) is 6.41. The van der Waals surface area contributed by atoms with Crippen molar-refractivity contribution < 1.29 is 0 Å². The van der Waals surface area contributed by atoms with Gasteiger partial charge in [0.1, 0.15) is 0 Å². The van der Waals surface area contributed by atoms with Gasteiger partial charge >= 0.3 is 0 Å². The van der Waals surface area contributed by atoms with Crippen molar-refractivity contribution in [2.24, 2.45) is 4.99 Å². The number of rotatable bonds is 1. The second-order valence-corrected chi connectivity index (χ2v) is 5.20. The van der Waals surface area contributed by atoms with E-state index in [9.17, 15) is 0 Å². The molecule has 0 aromatic heterocycles. The first-order valence-electron chi connectivity index (χ1n) is 4.23. The molecule has 1 aliphatic heterocycles. The van der Waals surface area contributed by atoms with Crippen molar-refractivity contribution in [1.29, 1.82) is 0 Å². The summed E-state index contributed by atoms with van der Waals surface area (Å²) in [6.45, 7) is 2.11. The Morgan fingerprint density at radius 3 is 3.21 bits per heavy atom. The van der Waals surface area contributed by atoms with Gasteiger partial charge in [-0.1, -0.05) is 30.3 Å². The molecule has 0 saturated heterocycles. The summed E-state index contributed by atoms with van der Waals surface area (Å²) in [6, 6.07) is 5.73. The van der Waals surface area contributed by atoms with Gasteiger partial charge in [-0.2, -0.15) is 0 Å². The Morgan fingerprint density at radius 2 is 2.43 bits per heavy atom. The van der Waals surface area contributed by atoms with Crippen LogP contribution in [0.2, 0.25) is 5.02 Å². The predicted octanol–water partition coefficient (Wildman–Crippen LogP) is 3.69. The maximum atomic E-state index is 5.88. The molecule has 0 aliphatic carbocycles. The minimum absolute atomic E-state index is 0.750. The number of aliphatic imine (C=N–C) groups is 1. The van der Waals surface area contributed by atoms with Crippen LogP contribution in [0.5, 0.6) is 0 Å². The van der Waals surface area contributed by atoms with Crippen LogP contribution in [0.1, 0.15) is 6.92 Å². The Hall–Kier alpha value is -0.320. The average molecular weight is 245 g/mol. The summed E-state index contributed by atoms with van der Waals surface area (Å²) in [5.74, 6) is 1.02. The lowest BCUT2D eigenvalue weighted by Crippen LogP contribution is -2.14. The van der Waals surface area contributed by atoms with E-state index < -0.39 is 0 Å². The van der Waals surface area contributed by atoms with E-state index in [-0.39, 0.29) is 0 Å². The van der Waals surface area contributed by atoms with Crippen molar-refractivity contribution in [2.75, 3.05) is 5.75 Å². The first-order chi connectivity index (χ1) is 6.79. The molecule has 0 bridgehead atoms. The second-order valence-electron chi connectivity index (χ2n) is 2.67. The Balaban J connectivity index is 2.30. The fourth-order valence-corrected chi connectivity index (χ4v) is 2.77. The SMILES string of the molecule is CCSC1=Nc2ccc(Cl)cc2SN1. The maximum absolute atomic E-state index is 5.88. The second kappa shape index (κ2) is 4.47. The number of thioether (sulfide) groups is 1. The van der Waals surface area contributed by atoms with Crippen LogP contribution in [-0.2, 0) is 0 Å². The number of benzene rings is 1. The van der Waals surface area contributed by atoms with Crippen LogP contribution in [0.15, 0.2) is 28.1 Å². The van der Waals surface area contributed by atoms with Crippen LogP contribution >= 0.6 is 35.3 Å². The van der Waals surface area contributed by atoms with E-state index in [1.165, 1.54) is 0 Å². The van der Waals surface area contributed by atoms with Crippen LogP contribution in [-0.4, -0.2) is 10.9 Å². The highest BCUT2D eigenvalue weighted by Gasteiger charge is 2.11. The van der Waals surface area contributed by atoms with E-state index in [0.717, 1.165) is 26.5 Å². The molecular formula is C9H9ClN2S2. The largest absolute Gasteiger partial charge is 0.305 e. The zero-order valence-corrected chi connectivity index (χ0v) is 9.97. The summed E-state index contributed by atoms with van der Waals surface area (Å²) in [5.41, 5.74) is 0.995. The summed E-state index contributed by atoms with van der Waals surface area (Å²) in [4.78, 5) is 5.55. The van der Waals surface area contributed by atoms with Gasteiger partial charge in [-0.25, -0.2) is 4.99 Å². The molecule has 0 fully saturated rings. The lowest BCUT2D eigenvalue weighted by Gasteiger charge is -2.15. The molecule has 1 N–H and O–H groups in total. The molecule has 14 heavy (non-hydrogen) atoms. The Bertz CT molecular complexity index is 379. The van der Waals surface area contributed by atoms with Gasteiger partial charge in [-0.15, -0.1) is 0 Å². The molecule has 0 atom stereocenters. The normalized spacial score (nSPS) is 14.3. The third-order valence-electron chi connectivity index (χ3n) is 1.67. The topological polar surface area (TPSA) is 24.4 Å². The average Bonchev–Trinajstić information content (AvgIpc) is 2.19. The lowest BCUT2D eigenvalue weighted by molar-refractivity contribution is 1.31. The van der Waals surface area contributed by atoms with Gasteiger partial charge in [-0.05, 0) is 35.9 Å². The van der Waals surface area contributed by atoms with E-state index >= 15 is 0 Å². The van der Waals surface area contributed by atoms with E-state index in [4.69, 9.17) is 11.6 Å². The Labute approximate surface area is 96.7 Å². The van der Waals surface area contributed by atoms with Gasteiger partial charge < -0.3 is 4.72 Å². The minimum atomic E-state index is 0.750. The van der Waals surface area contributed by atoms with Gasteiger partial charge in [0.2, 0.25) is 0 Å². The molecule has 0 saturated carbocycles. The fraction of sp³-hybridized carbons (Fsp3) is 0.222. The molecule has 0 spiro atoms. The van der Waals surface area contributed by atoms with Crippen LogP contribution in [0.25, 0.3) is 0 Å². The van der Waals surface area contributed by atoms with Crippen LogP contribution in [0.3, 0.4) is 0 Å². The summed E-state index contributed by atoms with van der Waals surface area (Å²) in [6.07, 6.45) is 0. The quantitative estimate of drug-likeness (QED) is 0.763. The zero-order valence-electron chi connectivity index (χ0n) is 7.58. The predicted molar refractivity (Wildman–Crippen MR) is 65.7 cm³/mol. The molecular weight excluding hydrogens is 236 g/mol. The highest BCUT2D eigenvalue weighted by atomic mass is 35.5. The monoisotopic (exact) mass is 244 g/mol. The molecule has 1 aromatic carbocycles. The molecule has 0 radical (unpaired) electrons. The molecule has 74 valence electrons. The summed E-state index contributed by atoms with van der Waals surface area (Å²) in [5, 5.41) is 1.71. The van der Waals surface area contributed by atoms with Gasteiger partial charge in [-0.3, -0.25) is 0 Å². The van der Waals surface area contributed by atoms with Crippen molar-refractivity contribution >= 4 is 46.2 Å². The molecule has 2 nitrogen and oxygen atoms in total. The third kappa shape index (κ3) is 2.19. The number of amidine groups is 1. The fourth-order valence-electron chi connectivity index (χ4n) is 1.09. The Kier molecular flexibility index (Phi) is 3.26. The number of halogens is 1. The first kappa shape index (κ1) is 10.2. The third-order valence-corrected chi connectivity index (χ3v) is 3.64. The van der Waals surface area contributed by atoms with Gasteiger partial charge in [0.15, 0.2) is 5.17 Å². The number of hydrogen-bond acceptors (Lipinski definition) is 4. The van der Waals surface area contributed by atoms with E-state index in [1.54, 1.807) is 23.7 Å². The van der Waals surface area contributed by atoms with Crippen molar-refractivity contribution in [1.82, 2.24) is 4.72 Å². The van der Waals surface area contributed by atoms with Crippen LogP contribution < -0.4 is 4.72 Å². The zero-order chi connectivity index (χ0) is 9.97. The van der Waals surface area contributed by atoms with Crippen LogP contribution in [0.4, 0.5) is 5.69 Å². The Morgan fingerprint density at radius 1 is 1.57 bits per heavy atom. The molecule has 5 heteroatoms. The molecule has 2 rings (SSSR count). The van der Waals surface area contributed by atoms with Crippen molar-refractivity contribution in [3.8, 4) is 0 Å². The van der Waals surface area contributed by atoms with Crippen molar-refractivity contribution in [3.05, 3.63) is 23.2 Å². The van der Waals surface area contributed by atoms with E-state index in [0.29, 0.717) is 0 Å². The smallest absolute Gasteiger partial charge is 0.172 e. The highest BCUT2D eigenvalue weighted by molar-refractivity contribution is 8.15. The van der Waals surface area contributed by atoms with E-state index in [1.807, 2.05) is 18.2 Å². The van der Waals surface area contributed by atoms with Crippen molar-refractivity contribution in [2.45, 2.75) is 11.8 Å². The molecule has 1 heterocycles. The number of fused-ring (bicyclic) bond motifs is 1. The summed E-state index contributed by atoms with van der Waals surface area (Å²) in [7, 11) is 0. The minimum Gasteiger partial charge on any atom is -0.305 e. The molecule has 0 amide bonds. The highest BCUT2D eigenvalue weighted by Crippen LogP contribution is 2.34. The number of nitrogens with zero attached hydrogens (tertiary/aromatic N) is 1. The standard InChI is InChI=1S/C9H9ClN2S2/c1-2-13-9-11-7-4-3-6(10)5-8(7)14-12-9/h3-5H,2H2,1H3,(H,11,12). The lowest BCUT2D eigenvalue weighted by atomic mass is 10.3. The van der Waals surface area contributed by atoms with Crippen molar-refractivity contribution in [3.63, 3.8) is 0 Å². The molecule has 0 unspecified atom stereocenters.